The van der Waals surface area contributed by atoms with Crippen molar-refractivity contribution < 1.29 is 4.74 Å². The third-order valence-electron chi connectivity index (χ3n) is 4.03. The summed E-state index contributed by atoms with van der Waals surface area (Å²) in [5.74, 6) is 0.992. The lowest BCUT2D eigenvalue weighted by Gasteiger charge is -2.24. The largest absolute Gasteiger partial charge is 0.496 e. The Morgan fingerprint density at radius 2 is 1.78 bits per heavy atom. The Bertz CT molecular complexity index is 422. The first-order valence-electron chi connectivity index (χ1n) is 6.66. The van der Waals surface area contributed by atoms with Crippen LogP contribution in [0.5, 0.6) is 5.75 Å². The van der Waals surface area contributed by atoms with Gasteiger partial charge in [-0.1, -0.05) is 13.8 Å². The molecule has 1 rings (SSSR count). The number of ether oxygens (including phenoxy) is 1. The van der Waals surface area contributed by atoms with E-state index in [2.05, 4.69) is 40.7 Å². The van der Waals surface area contributed by atoms with E-state index in [0.717, 1.165) is 25.1 Å². The highest BCUT2D eigenvalue weighted by atomic mass is 16.5. The van der Waals surface area contributed by atoms with Gasteiger partial charge in [0.2, 0.25) is 0 Å². The van der Waals surface area contributed by atoms with Crippen LogP contribution in [0, 0.1) is 26.2 Å². The molecule has 1 aromatic carbocycles. The lowest BCUT2D eigenvalue weighted by atomic mass is 9.84. The second kappa shape index (κ2) is 5.75. The summed E-state index contributed by atoms with van der Waals surface area (Å²) in [7, 11) is 1.73. The molecule has 0 aromatic heterocycles. The van der Waals surface area contributed by atoms with Gasteiger partial charge in [0.1, 0.15) is 5.75 Å². The van der Waals surface area contributed by atoms with E-state index < -0.39 is 0 Å². The highest BCUT2D eigenvalue weighted by molar-refractivity contribution is 5.48. The van der Waals surface area contributed by atoms with Crippen molar-refractivity contribution in [3.63, 3.8) is 0 Å². The molecule has 0 amide bonds. The first-order valence-corrected chi connectivity index (χ1v) is 6.66. The second-order valence-electron chi connectivity index (χ2n) is 5.99. The van der Waals surface area contributed by atoms with E-state index in [1.54, 1.807) is 7.11 Å². The summed E-state index contributed by atoms with van der Waals surface area (Å²) in [6.07, 6.45) is 2.21. The van der Waals surface area contributed by atoms with Crippen molar-refractivity contribution >= 4 is 0 Å². The van der Waals surface area contributed by atoms with Gasteiger partial charge in [0, 0.05) is 0 Å². The van der Waals surface area contributed by atoms with Crippen LogP contribution in [0.15, 0.2) is 6.07 Å². The zero-order chi connectivity index (χ0) is 13.9. The highest BCUT2D eigenvalue weighted by Gasteiger charge is 2.17. The summed E-state index contributed by atoms with van der Waals surface area (Å²) in [6.45, 7) is 11.7. The maximum absolute atomic E-state index is 5.80. The van der Waals surface area contributed by atoms with E-state index >= 15 is 0 Å². The Morgan fingerprint density at radius 1 is 1.17 bits per heavy atom. The van der Waals surface area contributed by atoms with Crippen LogP contribution in [-0.2, 0) is 6.42 Å². The van der Waals surface area contributed by atoms with Crippen molar-refractivity contribution in [1.29, 1.82) is 0 Å². The molecule has 0 unspecified atom stereocenters. The monoisotopic (exact) mass is 249 g/mol. The lowest BCUT2D eigenvalue weighted by Crippen LogP contribution is -2.24. The summed E-state index contributed by atoms with van der Waals surface area (Å²) in [4.78, 5) is 0. The zero-order valence-electron chi connectivity index (χ0n) is 12.7. The van der Waals surface area contributed by atoms with Gasteiger partial charge in [0.15, 0.2) is 0 Å². The molecule has 1 aromatic rings. The number of hydrogen-bond acceptors (Lipinski definition) is 2. The molecule has 2 nitrogen and oxygen atoms in total. The maximum Gasteiger partial charge on any atom is 0.122 e. The smallest absolute Gasteiger partial charge is 0.122 e. The van der Waals surface area contributed by atoms with Gasteiger partial charge in [0.05, 0.1) is 7.11 Å². The van der Waals surface area contributed by atoms with Crippen LogP contribution in [0.3, 0.4) is 0 Å². The topological polar surface area (TPSA) is 35.2 Å². The average Bonchev–Trinajstić information content (AvgIpc) is 2.33. The second-order valence-corrected chi connectivity index (χ2v) is 5.99. The third-order valence-corrected chi connectivity index (χ3v) is 4.03. The van der Waals surface area contributed by atoms with Gasteiger partial charge in [-0.25, -0.2) is 0 Å². The minimum atomic E-state index is 0.215. The molecule has 0 aliphatic rings. The minimum Gasteiger partial charge on any atom is -0.496 e. The van der Waals surface area contributed by atoms with Crippen LogP contribution in [0.1, 0.15) is 42.5 Å². The molecule has 0 saturated heterocycles. The quantitative estimate of drug-likeness (QED) is 0.866. The minimum absolute atomic E-state index is 0.215. The Hall–Kier alpha value is -1.02. The number of benzene rings is 1. The van der Waals surface area contributed by atoms with Crippen molar-refractivity contribution in [3.8, 4) is 5.75 Å². The standard InChI is InChI=1S/C16H27NO/c1-11-9-15(18-6)13(3)12(2)14(11)7-8-16(4,5)10-17/h9H,7-8,10,17H2,1-6H3. The van der Waals surface area contributed by atoms with Crippen molar-refractivity contribution in [2.75, 3.05) is 13.7 Å². The van der Waals surface area contributed by atoms with E-state index in [9.17, 15) is 0 Å². The van der Waals surface area contributed by atoms with Gasteiger partial charge in [-0.15, -0.1) is 0 Å². The summed E-state index contributed by atoms with van der Waals surface area (Å²) in [5.41, 5.74) is 11.4. The van der Waals surface area contributed by atoms with Crippen LogP contribution in [0.25, 0.3) is 0 Å². The molecule has 0 fully saturated rings. The molecule has 0 bridgehead atoms. The summed E-state index contributed by atoms with van der Waals surface area (Å²) >= 11 is 0. The normalized spacial score (nSPS) is 11.7. The molecule has 2 heteroatoms. The van der Waals surface area contributed by atoms with Crippen LogP contribution >= 0.6 is 0 Å². The molecule has 0 atom stereocenters. The fourth-order valence-electron chi connectivity index (χ4n) is 2.26. The Balaban J connectivity index is 3.00. The molecular weight excluding hydrogens is 222 g/mol. The highest BCUT2D eigenvalue weighted by Crippen LogP contribution is 2.30. The van der Waals surface area contributed by atoms with Crippen molar-refractivity contribution in [1.82, 2.24) is 0 Å². The fourth-order valence-corrected chi connectivity index (χ4v) is 2.26. The Labute approximate surface area is 112 Å². The van der Waals surface area contributed by atoms with Gasteiger partial charge >= 0.3 is 0 Å². The van der Waals surface area contributed by atoms with E-state index in [1.165, 1.54) is 22.3 Å². The first kappa shape index (κ1) is 15.0. The third kappa shape index (κ3) is 3.26. The van der Waals surface area contributed by atoms with Crippen LogP contribution < -0.4 is 10.5 Å². The van der Waals surface area contributed by atoms with Crippen LogP contribution in [0.2, 0.25) is 0 Å². The number of aryl methyl sites for hydroxylation is 1. The number of nitrogens with two attached hydrogens (primary N) is 1. The fraction of sp³-hybridized carbons (Fsp3) is 0.625. The van der Waals surface area contributed by atoms with Gasteiger partial charge in [0.25, 0.3) is 0 Å². The summed E-state index contributed by atoms with van der Waals surface area (Å²) < 4.78 is 5.41. The number of methoxy groups -OCH3 is 1. The molecule has 0 heterocycles. The molecular formula is C16H27NO. The molecule has 0 saturated carbocycles. The maximum atomic E-state index is 5.80. The first-order chi connectivity index (χ1) is 8.32. The predicted octanol–water partition coefficient (Wildman–Crippen LogP) is 3.54. The van der Waals surface area contributed by atoms with E-state index in [0.29, 0.717) is 0 Å². The molecule has 102 valence electrons. The zero-order valence-corrected chi connectivity index (χ0v) is 12.7. The van der Waals surface area contributed by atoms with E-state index in [4.69, 9.17) is 10.5 Å². The van der Waals surface area contributed by atoms with Crippen molar-refractivity contribution in [3.05, 3.63) is 28.3 Å². The van der Waals surface area contributed by atoms with Crippen LogP contribution in [-0.4, -0.2) is 13.7 Å². The molecule has 0 aliphatic heterocycles. The molecule has 2 N–H and O–H groups in total. The van der Waals surface area contributed by atoms with E-state index in [-0.39, 0.29) is 5.41 Å². The number of rotatable bonds is 5. The summed E-state index contributed by atoms with van der Waals surface area (Å²) in [6, 6.07) is 2.15. The Morgan fingerprint density at radius 3 is 2.28 bits per heavy atom. The Kier molecular flexibility index (Phi) is 4.80. The lowest BCUT2D eigenvalue weighted by molar-refractivity contribution is 0.347. The molecule has 0 spiro atoms. The molecule has 0 aliphatic carbocycles. The number of hydrogen-bond donors (Lipinski definition) is 1. The van der Waals surface area contributed by atoms with Gasteiger partial charge < -0.3 is 10.5 Å². The van der Waals surface area contributed by atoms with Crippen molar-refractivity contribution in [2.24, 2.45) is 11.1 Å². The predicted molar refractivity (Wildman–Crippen MR) is 78.4 cm³/mol. The average molecular weight is 249 g/mol. The molecule has 0 radical (unpaired) electrons. The van der Waals surface area contributed by atoms with Gasteiger partial charge in [-0.3, -0.25) is 0 Å². The van der Waals surface area contributed by atoms with Crippen molar-refractivity contribution in [2.45, 2.75) is 47.5 Å². The van der Waals surface area contributed by atoms with Crippen LogP contribution in [0.4, 0.5) is 0 Å². The van der Waals surface area contributed by atoms with Gasteiger partial charge in [-0.2, -0.15) is 0 Å². The van der Waals surface area contributed by atoms with E-state index in [1.807, 2.05) is 0 Å². The molecule has 18 heavy (non-hydrogen) atoms. The SMILES string of the molecule is COc1cc(C)c(CCC(C)(C)CN)c(C)c1C. The van der Waals surface area contributed by atoms with Gasteiger partial charge in [-0.05, 0) is 73.9 Å². The summed E-state index contributed by atoms with van der Waals surface area (Å²) in [5, 5.41) is 0.